The zero-order valence-corrected chi connectivity index (χ0v) is 19.5. The van der Waals surface area contributed by atoms with Gasteiger partial charge in [0.25, 0.3) is 0 Å². The van der Waals surface area contributed by atoms with Gasteiger partial charge in [0, 0.05) is 19.1 Å². The third kappa shape index (κ3) is 6.59. The zero-order chi connectivity index (χ0) is 22.7. The zero-order valence-electron chi connectivity index (χ0n) is 17.1. The average molecular weight is 479 g/mol. The van der Waals surface area contributed by atoms with E-state index in [4.69, 9.17) is 22.1 Å². The molecule has 12 heteroatoms. The maximum absolute atomic E-state index is 13.1. The van der Waals surface area contributed by atoms with Gasteiger partial charge in [-0.3, -0.25) is 0 Å². The second kappa shape index (κ2) is 9.54. The molecule has 2 heterocycles. The fraction of sp³-hybridized carbons (Fsp3) is 0.556. The number of piperidine rings is 1. The van der Waals surface area contributed by atoms with Crippen LogP contribution in [0.5, 0.6) is 0 Å². The lowest BCUT2D eigenvalue weighted by Gasteiger charge is -2.34. The molecule has 3 amide bonds. The van der Waals surface area contributed by atoms with Gasteiger partial charge >= 0.3 is 12.1 Å². The van der Waals surface area contributed by atoms with Crippen molar-refractivity contribution in [3.8, 4) is 0 Å². The van der Waals surface area contributed by atoms with Gasteiger partial charge in [-0.2, -0.15) is 0 Å². The molecule has 1 saturated heterocycles. The minimum Gasteiger partial charge on any atom is -0.444 e. The number of nitrogens with one attached hydrogen (secondary N) is 2. The van der Waals surface area contributed by atoms with Gasteiger partial charge in [0.1, 0.15) is 10.9 Å². The van der Waals surface area contributed by atoms with Crippen molar-refractivity contribution in [1.29, 1.82) is 0 Å². The Morgan fingerprint density at radius 1 is 1.47 bits per heavy atom. The largest absolute Gasteiger partial charge is 0.444 e. The number of hydrogen-bond acceptors (Lipinski definition) is 6. The third-order valence-corrected chi connectivity index (χ3v) is 7.45. The minimum absolute atomic E-state index is 0.190. The van der Waals surface area contributed by atoms with Crippen LogP contribution in [0.15, 0.2) is 18.7 Å². The van der Waals surface area contributed by atoms with Gasteiger partial charge in [0.15, 0.2) is 0 Å². The molecule has 0 aromatic carbocycles. The van der Waals surface area contributed by atoms with Gasteiger partial charge in [-0.1, -0.05) is 17.7 Å². The molecule has 1 aliphatic rings. The third-order valence-electron chi connectivity index (χ3n) is 4.20. The SMILES string of the molecule is C=CC(c1sc(Cl)cc1NC(N)=O)S(=O)(=O)NC1CCCN(C(=O)OC(C)(C)C)C1. The van der Waals surface area contributed by atoms with E-state index >= 15 is 0 Å². The predicted molar refractivity (Wildman–Crippen MR) is 118 cm³/mol. The molecule has 168 valence electrons. The molecule has 30 heavy (non-hydrogen) atoms. The lowest BCUT2D eigenvalue weighted by molar-refractivity contribution is 0.0195. The number of primary amides is 1. The van der Waals surface area contributed by atoms with Gasteiger partial charge in [-0.25, -0.2) is 22.7 Å². The van der Waals surface area contributed by atoms with Crippen molar-refractivity contribution < 1.29 is 22.7 Å². The molecule has 2 rings (SSSR count). The lowest BCUT2D eigenvalue weighted by Crippen LogP contribution is -2.51. The number of carbonyl (C=O) groups is 2. The highest BCUT2D eigenvalue weighted by atomic mass is 35.5. The Hall–Kier alpha value is -1.82. The monoisotopic (exact) mass is 478 g/mol. The molecule has 9 nitrogen and oxygen atoms in total. The fourth-order valence-electron chi connectivity index (χ4n) is 3.06. The molecule has 1 aromatic heterocycles. The van der Waals surface area contributed by atoms with Crippen LogP contribution in [-0.2, 0) is 14.8 Å². The lowest BCUT2D eigenvalue weighted by atomic mass is 10.1. The number of nitrogens with two attached hydrogens (primary N) is 1. The van der Waals surface area contributed by atoms with Gasteiger partial charge in [-0.15, -0.1) is 17.9 Å². The summed E-state index contributed by atoms with van der Waals surface area (Å²) in [6.07, 6.45) is 1.97. The Bertz CT molecular complexity index is 910. The van der Waals surface area contributed by atoms with Crippen molar-refractivity contribution in [2.45, 2.75) is 50.5 Å². The van der Waals surface area contributed by atoms with Crippen LogP contribution in [0.1, 0.15) is 43.7 Å². The summed E-state index contributed by atoms with van der Waals surface area (Å²) in [6.45, 7) is 9.62. The highest BCUT2D eigenvalue weighted by Gasteiger charge is 2.34. The molecule has 2 atom stereocenters. The summed E-state index contributed by atoms with van der Waals surface area (Å²) < 4.78 is 34.5. The van der Waals surface area contributed by atoms with Crippen LogP contribution in [0.2, 0.25) is 4.34 Å². The van der Waals surface area contributed by atoms with Crippen molar-refractivity contribution in [3.05, 3.63) is 27.9 Å². The van der Waals surface area contributed by atoms with E-state index in [1.54, 1.807) is 20.8 Å². The summed E-state index contributed by atoms with van der Waals surface area (Å²) in [5.74, 6) is 0. The van der Waals surface area contributed by atoms with E-state index in [1.807, 2.05) is 0 Å². The van der Waals surface area contributed by atoms with Gasteiger partial charge in [0.2, 0.25) is 10.0 Å². The predicted octanol–water partition coefficient (Wildman–Crippen LogP) is 3.44. The van der Waals surface area contributed by atoms with Crippen molar-refractivity contribution in [2.75, 3.05) is 18.4 Å². The quantitative estimate of drug-likeness (QED) is 0.539. The second-order valence-electron chi connectivity index (χ2n) is 7.90. The van der Waals surface area contributed by atoms with Crippen LogP contribution in [0, 0.1) is 0 Å². The topological polar surface area (TPSA) is 131 Å². The number of urea groups is 1. The number of thiophene rings is 1. The van der Waals surface area contributed by atoms with Gasteiger partial charge in [-0.05, 0) is 39.7 Å². The molecule has 1 aromatic rings. The summed E-state index contributed by atoms with van der Waals surface area (Å²) in [4.78, 5) is 25.4. The number of carbonyl (C=O) groups excluding carboxylic acids is 2. The number of ether oxygens (including phenoxy) is 1. The summed E-state index contributed by atoms with van der Waals surface area (Å²) >= 11 is 7.03. The van der Waals surface area contributed by atoms with Crippen LogP contribution in [0.3, 0.4) is 0 Å². The van der Waals surface area contributed by atoms with Crippen LogP contribution < -0.4 is 15.8 Å². The maximum Gasteiger partial charge on any atom is 0.410 e. The molecule has 1 fully saturated rings. The molecule has 0 saturated carbocycles. The van der Waals surface area contributed by atoms with E-state index < -0.39 is 39.0 Å². The van der Waals surface area contributed by atoms with Crippen LogP contribution >= 0.6 is 22.9 Å². The van der Waals surface area contributed by atoms with Crippen LogP contribution in [0.4, 0.5) is 15.3 Å². The molecule has 0 radical (unpaired) electrons. The number of rotatable bonds is 6. The Morgan fingerprint density at radius 2 is 2.13 bits per heavy atom. The van der Waals surface area contributed by atoms with E-state index in [2.05, 4.69) is 16.6 Å². The molecule has 0 bridgehead atoms. The van der Waals surface area contributed by atoms with E-state index in [1.165, 1.54) is 17.0 Å². The first-order valence-electron chi connectivity index (χ1n) is 9.29. The normalized spacial score (nSPS) is 18.5. The van der Waals surface area contributed by atoms with Crippen molar-refractivity contribution in [1.82, 2.24) is 9.62 Å². The summed E-state index contributed by atoms with van der Waals surface area (Å²) in [5, 5.41) is 1.23. The van der Waals surface area contributed by atoms with Crippen molar-refractivity contribution in [2.24, 2.45) is 5.73 Å². The van der Waals surface area contributed by atoms with Gasteiger partial charge < -0.3 is 20.7 Å². The first-order chi connectivity index (χ1) is 13.8. The molecule has 2 unspecified atom stereocenters. The minimum atomic E-state index is -3.94. The van der Waals surface area contributed by atoms with E-state index in [9.17, 15) is 18.0 Å². The standard InChI is InChI=1S/C18H27ClN4O5S2/c1-5-13(15-12(21-16(20)24)9-14(19)29-15)30(26,27)22-11-7-6-8-23(10-11)17(25)28-18(2,3)4/h5,9,11,13,22H,1,6-8,10H2,2-4H3,(H3,20,21,24). The number of anilines is 1. The van der Waals surface area contributed by atoms with E-state index in [0.717, 1.165) is 11.3 Å². The first-order valence-corrected chi connectivity index (χ1v) is 12.0. The Labute approximate surface area is 185 Å². The number of halogens is 1. The van der Waals surface area contributed by atoms with Crippen molar-refractivity contribution >= 4 is 50.8 Å². The number of likely N-dealkylation sites (tertiary alicyclic amines) is 1. The van der Waals surface area contributed by atoms with Crippen molar-refractivity contribution in [3.63, 3.8) is 0 Å². The molecular formula is C18H27ClN4O5S2. The van der Waals surface area contributed by atoms with Crippen LogP contribution in [0.25, 0.3) is 0 Å². The highest BCUT2D eigenvalue weighted by Crippen LogP contribution is 2.39. The summed E-state index contributed by atoms with van der Waals surface area (Å²) in [7, 11) is -3.94. The smallest absolute Gasteiger partial charge is 0.410 e. The summed E-state index contributed by atoms with van der Waals surface area (Å²) in [6, 6.07) is 0.115. The molecule has 0 aliphatic carbocycles. The highest BCUT2D eigenvalue weighted by molar-refractivity contribution is 7.90. The summed E-state index contributed by atoms with van der Waals surface area (Å²) in [5.41, 5.74) is 4.74. The molecule has 0 spiro atoms. The number of nitrogens with zero attached hydrogens (tertiary/aromatic N) is 1. The van der Waals surface area contributed by atoms with E-state index in [0.29, 0.717) is 28.6 Å². The maximum atomic E-state index is 13.1. The number of amides is 3. The van der Waals surface area contributed by atoms with E-state index in [-0.39, 0.29) is 12.2 Å². The Kier molecular flexibility index (Phi) is 7.78. The molecule has 1 aliphatic heterocycles. The fourth-order valence-corrected chi connectivity index (χ4v) is 6.23. The Balaban J connectivity index is 2.17. The second-order valence-corrected chi connectivity index (χ2v) is 11.5. The first kappa shape index (κ1) is 24.4. The average Bonchev–Trinajstić information content (AvgIpc) is 2.92. The van der Waals surface area contributed by atoms with Gasteiger partial charge in [0.05, 0.1) is 14.9 Å². The number of sulfonamides is 1. The molecule has 4 N–H and O–H groups in total. The van der Waals surface area contributed by atoms with Crippen LogP contribution in [-0.4, -0.2) is 50.2 Å². The Morgan fingerprint density at radius 3 is 2.70 bits per heavy atom. The molecular weight excluding hydrogens is 452 g/mol. The number of hydrogen-bond donors (Lipinski definition) is 3.